The highest BCUT2D eigenvalue weighted by molar-refractivity contribution is 7.18. The Morgan fingerprint density at radius 1 is 1.35 bits per heavy atom. The van der Waals surface area contributed by atoms with Crippen LogP contribution in [0.5, 0.6) is 0 Å². The number of rotatable bonds is 3. The topological polar surface area (TPSA) is 93.3 Å². The number of thiophene rings is 1. The van der Waals surface area contributed by atoms with Crippen LogP contribution in [0.3, 0.4) is 0 Å². The Morgan fingerprint density at radius 2 is 2.08 bits per heavy atom. The van der Waals surface area contributed by atoms with E-state index in [-0.39, 0.29) is 23.4 Å². The summed E-state index contributed by atoms with van der Waals surface area (Å²) in [6.45, 7) is 6.15. The number of nitrogens with two attached hydrogens (primary N) is 1. The molecule has 0 bridgehead atoms. The lowest BCUT2D eigenvalue weighted by molar-refractivity contribution is -0.935. The molecule has 2 aliphatic rings. The molecule has 140 valence electrons. The number of quaternary nitrogens is 1. The van der Waals surface area contributed by atoms with Crippen LogP contribution in [0.4, 0.5) is 0 Å². The van der Waals surface area contributed by atoms with Gasteiger partial charge in [0.2, 0.25) is 5.91 Å². The minimum Gasteiger partial charge on any atom is -0.369 e. The summed E-state index contributed by atoms with van der Waals surface area (Å²) >= 11 is 1.70. The molecule has 4 rings (SSSR count). The fourth-order valence-corrected chi connectivity index (χ4v) is 5.86. The van der Waals surface area contributed by atoms with Crippen molar-refractivity contribution in [1.82, 2.24) is 9.97 Å². The molecular formula is C19H27N4O2S+. The highest BCUT2D eigenvalue weighted by Gasteiger charge is 2.31. The number of aromatic nitrogens is 2. The molecule has 26 heavy (non-hydrogen) atoms. The molecule has 2 aromatic rings. The number of H-pyrrole nitrogens is 1. The van der Waals surface area contributed by atoms with E-state index in [0.717, 1.165) is 61.2 Å². The van der Waals surface area contributed by atoms with Crippen LogP contribution in [0.25, 0.3) is 10.2 Å². The Morgan fingerprint density at radius 3 is 2.77 bits per heavy atom. The number of fused-ring (bicyclic) bond motifs is 3. The summed E-state index contributed by atoms with van der Waals surface area (Å²) in [6.07, 6.45) is 4.82. The molecule has 6 nitrogen and oxygen atoms in total. The first-order valence-electron chi connectivity index (χ1n) is 9.62. The molecule has 4 N–H and O–H groups in total. The van der Waals surface area contributed by atoms with Gasteiger partial charge in [0, 0.05) is 23.6 Å². The standard InChI is InChI=1S/C19H26N4O2S/c1-10-3-4-13-14(9-10)26-19-15(13)18(25)21-17(22-19)11(2)23-7-5-12(6-8-23)16(20)24/h10-12H,3-9H2,1-2H3,(H2,20,24)(H,21,22,25)/p+1/t10-,11+/m1/s1. The van der Waals surface area contributed by atoms with Gasteiger partial charge in [0.25, 0.3) is 5.56 Å². The third-order valence-electron chi connectivity index (χ3n) is 6.24. The molecule has 0 aromatic carbocycles. The van der Waals surface area contributed by atoms with Gasteiger partial charge < -0.3 is 15.6 Å². The fourth-order valence-electron chi connectivity index (χ4n) is 4.47. The van der Waals surface area contributed by atoms with Crippen molar-refractivity contribution in [2.75, 3.05) is 13.1 Å². The van der Waals surface area contributed by atoms with E-state index in [1.165, 1.54) is 15.3 Å². The van der Waals surface area contributed by atoms with Crippen molar-refractivity contribution < 1.29 is 9.69 Å². The van der Waals surface area contributed by atoms with E-state index in [1.54, 1.807) is 11.3 Å². The summed E-state index contributed by atoms with van der Waals surface area (Å²) in [5, 5.41) is 0.815. The number of carbonyl (C=O) groups excluding carboxylic acids is 1. The number of nitrogens with zero attached hydrogens (tertiary/aromatic N) is 1. The minimum atomic E-state index is -0.192. The van der Waals surface area contributed by atoms with Gasteiger partial charge in [0.1, 0.15) is 10.9 Å². The number of likely N-dealkylation sites (tertiary alicyclic amines) is 1. The third kappa shape index (κ3) is 3.07. The number of aromatic amines is 1. The zero-order valence-corrected chi connectivity index (χ0v) is 16.2. The quantitative estimate of drug-likeness (QED) is 0.746. The molecule has 0 unspecified atom stereocenters. The molecule has 1 aliphatic heterocycles. The Kier molecular flexibility index (Phi) is 4.61. The summed E-state index contributed by atoms with van der Waals surface area (Å²) in [4.78, 5) is 35.6. The first-order chi connectivity index (χ1) is 12.4. The number of carbonyl (C=O) groups is 1. The number of aryl methyl sites for hydroxylation is 1. The third-order valence-corrected chi connectivity index (χ3v) is 7.38. The Bertz CT molecular complexity index is 895. The van der Waals surface area contributed by atoms with Gasteiger partial charge in [0.05, 0.1) is 18.5 Å². The molecule has 2 atom stereocenters. The first kappa shape index (κ1) is 17.7. The van der Waals surface area contributed by atoms with Gasteiger partial charge in [0.15, 0.2) is 5.82 Å². The summed E-state index contributed by atoms with van der Waals surface area (Å²) < 4.78 is 0. The molecule has 1 aliphatic carbocycles. The largest absolute Gasteiger partial charge is 0.369 e. The maximum atomic E-state index is 12.8. The molecule has 1 saturated heterocycles. The molecular weight excluding hydrogens is 348 g/mol. The van der Waals surface area contributed by atoms with Gasteiger partial charge in [-0.25, -0.2) is 4.98 Å². The first-order valence-corrected chi connectivity index (χ1v) is 10.4. The van der Waals surface area contributed by atoms with E-state index in [2.05, 4.69) is 18.8 Å². The zero-order valence-electron chi connectivity index (χ0n) is 15.4. The number of amides is 1. The summed E-state index contributed by atoms with van der Waals surface area (Å²) in [6, 6.07) is 0.110. The van der Waals surface area contributed by atoms with Crippen LogP contribution in [0.1, 0.15) is 55.4 Å². The maximum absolute atomic E-state index is 12.8. The van der Waals surface area contributed by atoms with Crippen LogP contribution in [0.15, 0.2) is 4.79 Å². The van der Waals surface area contributed by atoms with Crippen molar-refractivity contribution in [3.05, 3.63) is 26.6 Å². The number of hydrogen-bond donors (Lipinski definition) is 3. The minimum absolute atomic E-state index is 0.00792. The number of primary amides is 1. The van der Waals surface area contributed by atoms with Crippen molar-refractivity contribution >= 4 is 27.5 Å². The van der Waals surface area contributed by atoms with Gasteiger partial charge in [-0.1, -0.05) is 6.92 Å². The van der Waals surface area contributed by atoms with E-state index in [9.17, 15) is 9.59 Å². The van der Waals surface area contributed by atoms with Gasteiger partial charge >= 0.3 is 0 Å². The Balaban J connectivity index is 1.61. The van der Waals surface area contributed by atoms with E-state index in [0.29, 0.717) is 5.92 Å². The van der Waals surface area contributed by atoms with Crippen molar-refractivity contribution in [1.29, 1.82) is 0 Å². The van der Waals surface area contributed by atoms with Gasteiger partial charge in [-0.2, -0.15) is 0 Å². The van der Waals surface area contributed by atoms with E-state index in [4.69, 9.17) is 10.7 Å². The normalized spacial score (nSPS) is 27.2. The van der Waals surface area contributed by atoms with E-state index < -0.39 is 0 Å². The van der Waals surface area contributed by atoms with Crippen molar-refractivity contribution in [3.8, 4) is 0 Å². The van der Waals surface area contributed by atoms with E-state index >= 15 is 0 Å². The highest BCUT2D eigenvalue weighted by Crippen LogP contribution is 2.35. The second-order valence-corrected chi connectivity index (χ2v) is 9.12. The SMILES string of the molecule is C[C@@H]1CCc2c(sc3nc([C@H](C)[NH+]4CCC(C(N)=O)CC4)[nH]c(=O)c23)C1. The lowest BCUT2D eigenvalue weighted by Gasteiger charge is -2.31. The van der Waals surface area contributed by atoms with Crippen LogP contribution < -0.4 is 16.2 Å². The second kappa shape index (κ2) is 6.78. The Labute approximate surface area is 156 Å². The predicted octanol–water partition coefficient (Wildman–Crippen LogP) is 0.951. The maximum Gasteiger partial charge on any atom is 0.260 e. The van der Waals surface area contributed by atoms with Crippen LogP contribution in [0, 0.1) is 11.8 Å². The molecule has 0 spiro atoms. The summed E-state index contributed by atoms with van der Waals surface area (Å²) in [5.41, 5.74) is 6.67. The van der Waals surface area contributed by atoms with Gasteiger partial charge in [-0.05, 0) is 37.7 Å². The number of hydrogen-bond acceptors (Lipinski definition) is 4. The number of piperidine rings is 1. The number of nitrogens with one attached hydrogen (secondary N) is 2. The molecule has 0 radical (unpaired) electrons. The molecule has 1 fully saturated rings. The lowest BCUT2D eigenvalue weighted by atomic mass is 9.89. The zero-order chi connectivity index (χ0) is 18.4. The molecule has 3 heterocycles. The summed E-state index contributed by atoms with van der Waals surface area (Å²) in [5.74, 6) is 1.25. The molecule has 2 aromatic heterocycles. The van der Waals surface area contributed by atoms with Crippen LogP contribution in [-0.2, 0) is 17.6 Å². The van der Waals surface area contributed by atoms with Crippen molar-refractivity contribution in [2.24, 2.45) is 17.6 Å². The van der Waals surface area contributed by atoms with Crippen molar-refractivity contribution in [3.63, 3.8) is 0 Å². The fraction of sp³-hybridized carbons (Fsp3) is 0.632. The average Bonchev–Trinajstić information content (AvgIpc) is 2.98. The molecule has 0 saturated carbocycles. The average molecular weight is 376 g/mol. The van der Waals surface area contributed by atoms with Crippen LogP contribution in [0.2, 0.25) is 0 Å². The smallest absolute Gasteiger partial charge is 0.260 e. The van der Waals surface area contributed by atoms with Gasteiger partial charge in [-0.15, -0.1) is 11.3 Å². The monoisotopic (exact) mass is 375 g/mol. The summed E-state index contributed by atoms with van der Waals surface area (Å²) in [7, 11) is 0. The highest BCUT2D eigenvalue weighted by atomic mass is 32.1. The van der Waals surface area contributed by atoms with E-state index in [1.807, 2.05) is 0 Å². The molecule has 7 heteroatoms. The van der Waals surface area contributed by atoms with Crippen LogP contribution in [-0.4, -0.2) is 29.0 Å². The molecule has 1 amide bonds. The Hall–Kier alpha value is -1.73. The van der Waals surface area contributed by atoms with Crippen molar-refractivity contribution in [2.45, 2.75) is 52.0 Å². The second-order valence-electron chi connectivity index (χ2n) is 8.04. The van der Waals surface area contributed by atoms with Gasteiger partial charge in [-0.3, -0.25) is 9.59 Å². The van der Waals surface area contributed by atoms with Crippen LogP contribution >= 0.6 is 11.3 Å². The lowest BCUT2D eigenvalue weighted by Crippen LogP contribution is -3.13. The predicted molar refractivity (Wildman–Crippen MR) is 102 cm³/mol.